The number of rotatable bonds is 2. The molecule has 1 N–H and O–H groups in total. The molecule has 0 aromatic heterocycles. The summed E-state index contributed by atoms with van der Waals surface area (Å²) < 4.78 is 1.04. The molecule has 0 spiro atoms. The number of hydrogen-bond donors (Lipinski definition) is 1. The highest BCUT2D eigenvalue weighted by Crippen LogP contribution is 2.26. The minimum Gasteiger partial charge on any atom is -0.507 e. The lowest BCUT2D eigenvalue weighted by molar-refractivity contribution is 0.470. The van der Waals surface area contributed by atoms with Crippen LogP contribution in [0.5, 0.6) is 5.75 Å². The van der Waals surface area contributed by atoms with E-state index >= 15 is 0 Å². The van der Waals surface area contributed by atoms with Gasteiger partial charge in [-0.05, 0) is 36.2 Å². The van der Waals surface area contributed by atoms with E-state index in [1.165, 1.54) is 0 Å². The van der Waals surface area contributed by atoms with Crippen molar-refractivity contribution in [2.24, 2.45) is 10.2 Å². The van der Waals surface area contributed by atoms with E-state index < -0.39 is 0 Å². The summed E-state index contributed by atoms with van der Waals surface area (Å²) in [5.41, 5.74) is 4.40. The SMILES string of the molecule is Cc1cccc(C2=NN=C(c3ccc(Br)cc3)C2)c1O. The van der Waals surface area contributed by atoms with Gasteiger partial charge in [0, 0.05) is 16.5 Å². The summed E-state index contributed by atoms with van der Waals surface area (Å²) in [6.45, 7) is 1.88. The first-order valence-electron chi connectivity index (χ1n) is 6.33. The standard InChI is InChI=1S/C16H13BrN2O/c1-10-3-2-4-13(16(10)20)15-9-14(18-19-15)11-5-7-12(17)8-6-11/h2-8,20H,9H2,1H3. The molecule has 2 aromatic rings. The molecule has 20 heavy (non-hydrogen) atoms. The second-order valence-electron chi connectivity index (χ2n) is 4.75. The van der Waals surface area contributed by atoms with Crippen LogP contribution in [0.25, 0.3) is 0 Å². The molecule has 100 valence electrons. The lowest BCUT2D eigenvalue weighted by Crippen LogP contribution is -2.05. The van der Waals surface area contributed by atoms with Crippen LogP contribution in [0.2, 0.25) is 0 Å². The Balaban J connectivity index is 1.85. The molecule has 0 aliphatic carbocycles. The maximum absolute atomic E-state index is 10.1. The molecule has 0 saturated carbocycles. The average Bonchev–Trinajstić information content (AvgIpc) is 2.92. The molecular weight excluding hydrogens is 316 g/mol. The molecule has 0 radical (unpaired) electrons. The third-order valence-corrected chi connectivity index (χ3v) is 3.88. The van der Waals surface area contributed by atoms with Crippen molar-refractivity contribution in [3.8, 4) is 5.75 Å². The van der Waals surface area contributed by atoms with Crippen LogP contribution in [-0.4, -0.2) is 16.5 Å². The zero-order chi connectivity index (χ0) is 14.1. The Hall–Kier alpha value is -1.94. The second-order valence-corrected chi connectivity index (χ2v) is 5.66. The molecule has 4 heteroatoms. The molecule has 3 rings (SSSR count). The summed E-state index contributed by atoms with van der Waals surface area (Å²) in [6, 6.07) is 13.7. The van der Waals surface area contributed by atoms with E-state index in [2.05, 4.69) is 26.1 Å². The molecular formula is C16H13BrN2O. The first-order chi connectivity index (χ1) is 9.65. The van der Waals surface area contributed by atoms with Crippen LogP contribution in [0, 0.1) is 6.92 Å². The monoisotopic (exact) mass is 328 g/mol. The highest BCUT2D eigenvalue weighted by Gasteiger charge is 2.19. The van der Waals surface area contributed by atoms with Gasteiger partial charge in [0.15, 0.2) is 0 Å². The molecule has 0 bridgehead atoms. The lowest BCUT2D eigenvalue weighted by Gasteiger charge is -2.06. The number of phenolic OH excluding ortho intramolecular Hbond substituents is 1. The van der Waals surface area contributed by atoms with Crippen LogP contribution in [0.15, 0.2) is 57.1 Å². The van der Waals surface area contributed by atoms with Gasteiger partial charge >= 0.3 is 0 Å². The zero-order valence-corrected chi connectivity index (χ0v) is 12.6. The van der Waals surface area contributed by atoms with Gasteiger partial charge in [-0.25, -0.2) is 0 Å². The van der Waals surface area contributed by atoms with Crippen LogP contribution in [0.4, 0.5) is 0 Å². The smallest absolute Gasteiger partial charge is 0.127 e. The number of hydrogen-bond acceptors (Lipinski definition) is 3. The van der Waals surface area contributed by atoms with Gasteiger partial charge in [-0.2, -0.15) is 10.2 Å². The number of nitrogens with zero attached hydrogens (tertiary/aromatic N) is 2. The zero-order valence-electron chi connectivity index (χ0n) is 11.0. The van der Waals surface area contributed by atoms with E-state index in [4.69, 9.17) is 0 Å². The van der Waals surface area contributed by atoms with Crippen molar-refractivity contribution < 1.29 is 5.11 Å². The lowest BCUT2D eigenvalue weighted by atomic mass is 9.99. The van der Waals surface area contributed by atoms with Gasteiger partial charge in [-0.1, -0.05) is 40.2 Å². The molecule has 2 aromatic carbocycles. The molecule has 1 heterocycles. The van der Waals surface area contributed by atoms with E-state index in [9.17, 15) is 5.11 Å². The molecule has 0 atom stereocenters. The topological polar surface area (TPSA) is 45.0 Å². The molecule has 0 amide bonds. The second kappa shape index (κ2) is 5.21. The van der Waals surface area contributed by atoms with Gasteiger partial charge < -0.3 is 5.11 Å². The fraction of sp³-hybridized carbons (Fsp3) is 0.125. The van der Waals surface area contributed by atoms with Gasteiger partial charge in [0.25, 0.3) is 0 Å². The highest BCUT2D eigenvalue weighted by molar-refractivity contribution is 9.10. The third kappa shape index (κ3) is 2.39. The molecule has 1 aliphatic heterocycles. The number of aryl methyl sites for hydroxylation is 1. The van der Waals surface area contributed by atoms with Crippen molar-refractivity contribution in [2.75, 3.05) is 0 Å². The normalized spacial score (nSPS) is 14.1. The number of aromatic hydroxyl groups is 1. The summed E-state index contributed by atoms with van der Waals surface area (Å²) in [4.78, 5) is 0. The van der Waals surface area contributed by atoms with E-state index in [-0.39, 0.29) is 0 Å². The first kappa shape index (κ1) is 13.1. The van der Waals surface area contributed by atoms with Crippen LogP contribution < -0.4 is 0 Å². The largest absolute Gasteiger partial charge is 0.507 e. The van der Waals surface area contributed by atoms with Crippen LogP contribution in [-0.2, 0) is 0 Å². The van der Waals surface area contributed by atoms with Crippen molar-refractivity contribution in [3.63, 3.8) is 0 Å². The summed E-state index contributed by atoms with van der Waals surface area (Å²) >= 11 is 3.42. The van der Waals surface area contributed by atoms with Gasteiger partial charge in [0.05, 0.1) is 11.4 Å². The summed E-state index contributed by atoms with van der Waals surface area (Å²) in [5.74, 6) is 0.290. The van der Waals surface area contributed by atoms with E-state index in [1.807, 2.05) is 49.4 Å². The number of halogens is 1. The Bertz CT molecular complexity index is 718. The third-order valence-electron chi connectivity index (χ3n) is 3.35. The predicted octanol–water partition coefficient (Wildman–Crippen LogP) is 4.06. The van der Waals surface area contributed by atoms with E-state index in [0.29, 0.717) is 12.2 Å². The Morgan fingerprint density at radius 1 is 1.00 bits per heavy atom. The van der Waals surface area contributed by atoms with Gasteiger partial charge in [0.2, 0.25) is 0 Å². The van der Waals surface area contributed by atoms with Gasteiger partial charge in [0.1, 0.15) is 5.75 Å². The van der Waals surface area contributed by atoms with Crippen molar-refractivity contribution in [2.45, 2.75) is 13.3 Å². The number of benzene rings is 2. The molecule has 0 unspecified atom stereocenters. The number of phenols is 1. The quantitative estimate of drug-likeness (QED) is 0.887. The van der Waals surface area contributed by atoms with Gasteiger partial charge in [-0.15, -0.1) is 0 Å². The van der Waals surface area contributed by atoms with Crippen LogP contribution in [0.1, 0.15) is 23.1 Å². The van der Waals surface area contributed by atoms with E-state index in [0.717, 1.165) is 32.6 Å². The summed E-state index contributed by atoms with van der Waals surface area (Å²) in [6.07, 6.45) is 0.638. The molecule has 0 saturated heterocycles. The first-order valence-corrected chi connectivity index (χ1v) is 7.13. The van der Waals surface area contributed by atoms with E-state index in [1.54, 1.807) is 0 Å². The Labute approximate surface area is 125 Å². The Morgan fingerprint density at radius 2 is 1.70 bits per heavy atom. The fourth-order valence-corrected chi connectivity index (χ4v) is 2.46. The minimum atomic E-state index is 0.290. The number of para-hydroxylation sites is 1. The van der Waals surface area contributed by atoms with Crippen LogP contribution in [0.3, 0.4) is 0 Å². The molecule has 3 nitrogen and oxygen atoms in total. The van der Waals surface area contributed by atoms with Crippen molar-refractivity contribution in [1.82, 2.24) is 0 Å². The predicted molar refractivity (Wildman–Crippen MR) is 84.7 cm³/mol. The maximum Gasteiger partial charge on any atom is 0.127 e. The minimum absolute atomic E-state index is 0.290. The summed E-state index contributed by atoms with van der Waals surface area (Å²) in [7, 11) is 0. The van der Waals surface area contributed by atoms with Gasteiger partial charge in [-0.3, -0.25) is 0 Å². The van der Waals surface area contributed by atoms with Crippen LogP contribution >= 0.6 is 15.9 Å². The maximum atomic E-state index is 10.1. The molecule has 1 aliphatic rings. The van der Waals surface area contributed by atoms with Crippen molar-refractivity contribution in [1.29, 1.82) is 0 Å². The Morgan fingerprint density at radius 3 is 2.45 bits per heavy atom. The molecule has 0 fully saturated rings. The van der Waals surface area contributed by atoms with Crippen molar-refractivity contribution in [3.05, 3.63) is 63.6 Å². The van der Waals surface area contributed by atoms with Crippen molar-refractivity contribution >= 4 is 27.4 Å². The summed E-state index contributed by atoms with van der Waals surface area (Å²) in [5, 5.41) is 18.6. The highest BCUT2D eigenvalue weighted by atomic mass is 79.9. The fourth-order valence-electron chi connectivity index (χ4n) is 2.19. The average molecular weight is 329 g/mol. The Kier molecular flexibility index (Phi) is 3.40.